The summed E-state index contributed by atoms with van der Waals surface area (Å²) in [6.45, 7) is 0.150. The Kier molecular flexibility index (Phi) is 3.13. The van der Waals surface area contributed by atoms with Gasteiger partial charge in [-0.25, -0.2) is 0 Å². The summed E-state index contributed by atoms with van der Waals surface area (Å²) in [5.74, 6) is 0.0280. The van der Waals surface area contributed by atoms with Crippen LogP contribution in [0.1, 0.15) is 5.69 Å². The largest absolute Gasteiger partial charge is 0.377 e. The van der Waals surface area contributed by atoms with Crippen molar-refractivity contribution in [1.82, 2.24) is 8.75 Å². The number of nitrogens with zero attached hydrogens (tertiary/aromatic N) is 2. The molecule has 1 aromatic rings. The summed E-state index contributed by atoms with van der Waals surface area (Å²) in [5, 5.41) is 0. The first kappa shape index (κ1) is 8.29. The molecule has 4 nitrogen and oxygen atoms in total. The third kappa shape index (κ3) is 2.73. The third-order valence-corrected chi connectivity index (χ3v) is 1.61. The Hall–Kier alpha value is -0.810. The highest BCUT2D eigenvalue weighted by molar-refractivity contribution is 6.99. The first-order chi connectivity index (χ1) is 5.33. The SMILES string of the molecule is COCC(=O)Cc1cnsn1. The van der Waals surface area contributed by atoms with Crippen LogP contribution in [0.4, 0.5) is 0 Å². The van der Waals surface area contributed by atoms with E-state index >= 15 is 0 Å². The van der Waals surface area contributed by atoms with Crippen molar-refractivity contribution in [3.8, 4) is 0 Å². The quantitative estimate of drug-likeness (QED) is 0.655. The summed E-state index contributed by atoms with van der Waals surface area (Å²) in [7, 11) is 1.50. The second-order valence-electron chi connectivity index (χ2n) is 2.05. The summed E-state index contributed by atoms with van der Waals surface area (Å²) in [6, 6.07) is 0. The van der Waals surface area contributed by atoms with E-state index < -0.39 is 0 Å². The van der Waals surface area contributed by atoms with Gasteiger partial charge in [0.05, 0.1) is 30.0 Å². The highest BCUT2D eigenvalue weighted by Crippen LogP contribution is 1.96. The van der Waals surface area contributed by atoms with Crippen LogP contribution < -0.4 is 0 Å². The van der Waals surface area contributed by atoms with Gasteiger partial charge in [0.2, 0.25) is 0 Å². The molecule has 0 bridgehead atoms. The average molecular weight is 172 g/mol. The number of hydrogen-bond donors (Lipinski definition) is 0. The van der Waals surface area contributed by atoms with Crippen LogP contribution in [0.15, 0.2) is 6.20 Å². The van der Waals surface area contributed by atoms with Crippen molar-refractivity contribution in [2.75, 3.05) is 13.7 Å². The molecular weight excluding hydrogens is 164 g/mol. The zero-order valence-electron chi connectivity index (χ0n) is 6.11. The van der Waals surface area contributed by atoms with Crippen molar-refractivity contribution >= 4 is 17.5 Å². The minimum atomic E-state index is 0.0280. The number of carbonyl (C=O) groups excluding carboxylic acids is 1. The zero-order valence-corrected chi connectivity index (χ0v) is 6.93. The summed E-state index contributed by atoms with van der Waals surface area (Å²) < 4.78 is 12.3. The number of Topliss-reactive ketones (excluding diaryl/α,β-unsaturated/α-hetero) is 1. The third-order valence-electron chi connectivity index (χ3n) is 1.09. The van der Waals surface area contributed by atoms with Gasteiger partial charge in [-0.3, -0.25) is 4.79 Å². The van der Waals surface area contributed by atoms with Gasteiger partial charge in [-0.1, -0.05) is 0 Å². The topological polar surface area (TPSA) is 52.1 Å². The molecule has 11 heavy (non-hydrogen) atoms. The minimum Gasteiger partial charge on any atom is -0.377 e. The minimum absolute atomic E-state index is 0.0280. The number of hydrogen-bond acceptors (Lipinski definition) is 5. The smallest absolute Gasteiger partial charge is 0.164 e. The molecule has 0 atom stereocenters. The molecule has 0 radical (unpaired) electrons. The van der Waals surface area contributed by atoms with Gasteiger partial charge in [-0.2, -0.15) is 8.75 Å². The van der Waals surface area contributed by atoms with Crippen molar-refractivity contribution in [3.63, 3.8) is 0 Å². The second kappa shape index (κ2) is 4.15. The Bertz CT molecular complexity index is 222. The summed E-state index contributed by atoms with van der Waals surface area (Å²) in [6.07, 6.45) is 1.92. The molecule has 0 aliphatic heterocycles. The summed E-state index contributed by atoms with van der Waals surface area (Å²) >= 11 is 1.11. The standard InChI is InChI=1S/C6H8N2O2S/c1-10-4-6(9)2-5-3-7-11-8-5/h3H,2,4H2,1H3. The van der Waals surface area contributed by atoms with Crippen LogP contribution in [0.5, 0.6) is 0 Å². The van der Waals surface area contributed by atoms with E-state index in [1.54, 1.807) is 6.20 Å². The van der Waals surface area contributed by atoms with Gasteiger partial charge in [-0.15, -0.1) is 0 Å². The fourth-order valence-electron chi connectivity index (χ4n) is 0.676. The molecule has 0 aliphatic rings. The lowest BCUT2D eigenvalue weighted by Gasteiger charge is -1.93. The number of carbonyl (C=O) groups is 1. The Morgan fingerprint density at radius 3 is 3.18 bits per heavy atom. The van der Waals surface area contributed by atoms with Crippen LogP contribution in [-0.2, 0) is 16.0 Å². The highest BCUT2D eigenvalue weighted by Gasteiger charge is 2.04. The van der Waals surface area contributed by atoms with Crippen molar-refractivity contribution in [2.45, 2.75) is 6.42 Å². The van der Waals surface area contributed by atoms with E-state index in [9.17, 15) is 4.79 Å². The predicted molar refractivity (Wildman–Crippen MR) is 40.5 cm³/mol. The van der Waals surface area contributed by atoms with Gasteiger partial charge in [-0.05, 0) is 0 Å². The fourth-order valence-corrected chi connectivity index (χ4v) is 1.11. The summed E-state index contributed by atoms with van der Waals surface area (Å²) in [5.41, 5.74) is 0.719. The van der Waals surface area contributed by atoms with Crippen molar-refractivity contribution < 1.29 is 9.53 Å². The van der Waals surface area contributed by atoms with Crippen LogP contribution >= 0.6 is 11.7 Å². The number of ketones is 1. The van der Waals surface area contributed by atoms with E-state index in [-0.39, 0.29) is 12.4 Å². The molecule has 60 valence electrons. The molecule has 0 unspecified atom stereocenters. The lowest BCUT2D eigenvalue weighted by Crippen LogP contribution is -2.09. The van der Waals surface area contributed by atoms with E-state index in [4.69, 9.17) is 0 Å². The number of methoxy groups -OCH3 is 1. The molecule has 0 N–H and O–H groups in total. The number of rotatable bonds is 4. The van der Waals surface area contributed by atoms with E-state index in [0.717, 1.165) is 17.4 Å². The van der Waals surface area contributed by atoms with Crippen LogP contribution in [0.2, 0.25) is 0 Å². The molecule has 5 heteroatoms. The fraction of sp³-hybridized carbons (Fsp3) is 0.500. The van der Waals surface area contributed by atoms with Crippen LogP contribution in [0.3, 0.4) is 0 Å². The lowest BCUT2D eigenvalue weighted by atomic mass is 10.2. The van der Waals surface area contributed by atoms with Gasteiger partial charge in [0.15, 0.2) is 5.78 Å². The first-order valence-electron chi connectivity index (χ1n) is 3.10. The van der Waals surface area contributed by atoms with Gasteiger partial charge in [0.25, 0.3) is 0 Å². The highest BCUT2D eigenvalue weighted by atomic mass is 32.1. The van der Waals surface area contributed by atoms with E-state index in [1.165, 1.54) is 7.11 Å². The molecule has 0 saturated carbocycles. The van der Waals surface area contributed by atoms with Crippen LogP contribution in [0, 0.1) is 0 Å². The normalized spacial score (nSPS) is 9.91. The van der Waals surface area contributed by atoms with E-state index in [2.05, 4.69) is 13.5 Å². The molecule has 0 aromatic carbocycles. The molecule has 0 spiro atoms. The second-order valence-corrected chi connectivity index (χ2v) is 2.60. The predicted octanol–water partition coefficient (Wildman–Crippen LogP) is 0.296. The molecule has 1 rings (SSSR count). The average Bonchev–Trinajstić information content (AvgIpc) is 2.40. The van der Waals surface area contributed by atoms with Gasteiger partial charge >= 0.3 is 0 Å². The Labute approximate surface area is 68.5 Å². The van der Waals surface area contributed by atoms with E-state index in [0.29, 0.717) is 6.42 Å². The van der Waals surface area contributed by atoms with Crippen LogP contribution in [-0.4, -0.2) is 28.2 Å². The zero-order chi connectivity index (χ0) is 8.10. The van der Waals surface area contributed by atoms with Crippen molar-refractivity contribution in [3.05, 3.63) is 11.9 Å². The van der Waals surface area contributed by atoms with Crippen molar-refractivity contribution in [1.29, 1.82) is 0 Å². The molecule has 0 amide bonds. The van der Waals surface area contributed by atoms with Crippen LogP contribution in [0.25, 0.3) is 0 Å². The molecule has 0 fully saturated rings. The maximum Gasteiger partial charge on any atom is 0.164 e. The first-order valence-corrected chi connectivity index (χ1v) is 3.83. The maximum atomic E-state index is 10.9. The monoisotopic (exact) mass is 172 g/mol. The lowest BCUT2D eigenvalue weighted by molar-refractivity contribution is -0.122. The van der Waals surface area contributed by atoms with E-state index in [1.807, 2.05) is 0 Å². The Morgan fingerprint density at radius 2 is 2.64 bits per heavy atom. The van der Waals surface area contributed by atoms with Gasteiger partial charge < -0.3 is 4.74 Å². The molecule has 1 aromatic heterocycles. The molecule has 0 aliphatic carbocycles. The summed E-state index contributed by atoms with van der Waals surface area (Å²) in [4.78, 5) is 10.9. The Morgan fingerprint density at radius 1 is 1.82 bits per heavy atom. The molecule has 1 heterocycles. The van der Waals surface area contributed by atoms with Gasteiger partial charge in [0.1, 0.15) is 6.61 Å². The number of aromatic nitrogens is 2. The van der Waals surface area contributed by atoms with Crippen molar-refractivity contribution in [2.24, 2.45) is 0 Å². The van der Waals surface area contributed by atoms with Gasteiger partial charge in [0, 0.05) is 7.11 Å². The maximum absolute atomic E-state index is 10.9. The molecular formula is C6H8N2O2S. The molecule has 0 saturated heterocycles. The number of ether oxygens (including phenoxy) is 1. The Balaban J connectivity index is 2.37.